The van der Waals surface area contributed by atoms with E-state index in [2.05, 4.69) is 219 Å². The lowest BCUT2D eigenvalue weighted by Crippen LogP contribution is -2.16. The minimum Gasteiger partial charge on any atom is -0.456 e. The Labute approximate surface area is 345 Å². The van der Waals surface area contributed by atoms with Crippen molar-refractivity contribution in [2.75, 3.05) is 4.90 Å². The molecule has 0 radical (unpaired) electrons. The first-order valence-corrected chi connectivity index (χ1v) is 20.4. The summed E-state index contributed by atoms with van der Waals surface area (Å²) in [6.07, 6.45) is 0. The highest BCUT2D eigenvalue weighted by Crippen LogP contribution is 2.52. The fraction of sp³-hybridized carbons (Fsp3) is 0.0526. The molecular formula is C57H41NO. The van der Waals surface area contributed by atoms with Crippen LogP contribution >= 0.6 is 0 Å². The lowest BCUT2D eigenvalue weighted by atomic mass is 9.81. The highest BCUT2D eigenvalue weighted by Gasteiger charge is 2.36. The van der Waals surface area contributed by atoms with Gasteiger partial charge in [-0.05, 0) is 127 Å². The summed E-state index contributed by atoms with van der Waals surface area (Å²) in [5.41, 5.74) is 20.0. The summed E-state index contributed by atoms with van der Waals surface area (Å²) in [6, 6.07) is 76.9. The second-order valence-corrected chi connectivity index (χ2v) is 16.2. The van der Waals surface area contributed by atoms with Crippen LogP contribution in [0.2, 0.25) is 0 Å². The molecule has 0 spiro atoms. The van der Waals surface area contributed by atoms with Gasteiger partial charge in [0.15, 0.2) is 0 Å². The van der Waals surface area contributed by atoms with Crippen LogP contribution in [0.5, 0.6) is 0 Å². The van der Waals surface area contributed by atoms with E-state index >= 15 is 0 Å². The molecule has 11 rings (SSSR count). The molecule has 0 aliphatic heterocycles. The van der Waals surface area contributed by atoms with Gasteiger partial charge in [-0.2, -0.15) is 0 Å². The van der Waals surface area contributed by atoms with Crippen molar-refractivity contribution >= 4 is 39.0 Å². The summed E-state index contributed by atoms with van der Waals surface area (Å²) in [4.78, 5) is 2.40. The normalized spacial score (nSPS) is 12.7. The zero-order valence-corrected chi connectivity index (χ0v) is 33.1. The standard InChI is InChI=1S/C57H41NO/c1-57(2)53-36-45(39-13-7-4-8-14-39)25-32-49(53)50-33-31-48(37-54(50)57)58(46-27-21-42(22-28-46)41-19-17-40(18-20-41)38-11-5-3-6-12-38)47-29-23-43(24-30-47)44-26-34-56-52(35-44)51-15-9-10-16-55(51)59-56/h3-37H,1-2H3. The van der Waals surface area contributed by atoms with Crippen LogP contribution in [0.25, 0.3) is 77.6 Å². The molecule has 2 heteroatoms. The average molecular weight is 756 g/mol. The first-order valence-electron chi connectivity index (χ1n) is 20.4. The number of para-hydroxylation sites is 1. The third-order valence-corrected chi connectivity index (χ3v) is 12.3. The van der Waals surface area contributed by atoms with Crippen molar-refractivity contribution in [2.24, 2.45) is 0 Å². The van der Waals surface area contributed by atoms with E-state index < -0.39 is 0 Å². The Bertz CT molecular complexity index is 3140. The number of fused-ring (bicyclic) bond motifs is 6. The second-order valence-electron chi connectivity index (χ2n) is 16.2. The number of nitrogens with zero attached hydrogens (tertiary/aromatic N) is 1. The molecule has 1 aliphatic carbocycles. The van der Waals surface area contributed by atoms with Crippen molar-refractivity contribution in [1.82, 2.24) is 0 Å². The Balaban J connectivity index is 0.977. The number of hydrogen-bond donors (Lipinski definition) is 0. The fourth-order valence-corrected chi connectivity index (χ4v) is 9.12. The number of anilines is 3. The van der Waals surface area contributed by atoms with Crippen molar-refractivity contribution in [3.63, 3.8) is 0 Å². The molecule has 280 valence electrons. The van der Waals surface area contributed by atoms with Crippen molar-refractivity contribution < 1.29 is 4.42 Å². The van der Waals surface area contributed by atoms with Gasteiger partial charge in [-0.25, -0.2) is 0 Å². The van der Waals surface area contributed by atoms with Crippen molar-refractivity contribution in [2.45, 2.75) is 19.3 Å². The van der Waals surface area contributed by atoms with Gasteiger partial charge in [-0.1, -0.05) is 166 Å². The van der Waals surface area contributed by atoms with Gasteiger partial charge in [0.05, 0.1) is 0 Å². The van der Waals surface area contributed by atoms with Crippen LogP contribution in [-0.4, -0.2) is 0 Å². The molecule has 1 aliphatic rings. The molecule has 0 atom stereocenters. The average Bonchev–Trinajstić information content (AvgIpc) is 3.78. The maximum Gasteiger partial charge on any atom is 0.135 e. The molecule has 0 amide bonds. The number of benzene rings is 9. The molecule has 0 saturated carbocycles. The second kappa shape index (κ2) is 13.9. The van der Waals surface area contributed by atoms with E-state index in [0.29, 0.717) is 0 Å². The van der Waals surface area contributed by atoms with Crippen LogP contribution in [-0.2, 0) is 5.41 Å². The van der Waals surface area contributed by atoms with E-state index in [-0.39, 0.29) is 5.41 Å². The monoisotopic (exact) mass is 755 g/mol. The zero-order chi connectivity index (χ0) is 39.5. The molecule has 59 heavy (non-hydrogen) atoms. The van der Waals surface area contributed by atoms with Gasteiger partial charge in [0.2, 0.25) is 0 Å². The summed E-state index contributed by atoms with van der Waals surface area (Å²) in [5.74, 6) is 0. The van der Waals surface area contributed by atoms with Crippen molar-refractivity contribution in [3.05, 3.63) is 223 Å². The van der Waals surface area contributed by atoms with Crippen molar-refractivity contribution in [3.8, 4) is 55.6 Å². The van der Waals surface area contributed by atoms with Crippen LogP contribution in [0, 0.1) is 0 Å². The van der Waals surface area contributed by atoms with E-state index in [1.165, 1.54) is 55.6 Å². The maximum absolute atomic E-state index is 6.14. The molecule has 1 aromatic heterocycles. The summed E-state index contributed by atoms with van der Waals surface area (Å²) in [5, 5.41) is 2.27. The predicted molar refractivity (Wildman–Crippen MR) is 248 cm³/mol. The van der Waals surface area contributed by atoms with Crippen LogP contribution in [0.4, 0.5) is 17.1 Å². The zero-order valence-electron chi connectivity index (χ0n) is 33.1. The lowest BCUT2D eigenvalue weighted by Gasteiger charge is -2.28. The minimum atomic E-state index is -0.174. The fourth-order valence-electron chi connectivity index (χ4n) is 9.12. The highest BCUT2D eigenvalue weighted by molar-refractivity contribution is 6.06. The third kappa shape index (κ3) is 6.04. The Kier molecular flexibility index (Phi) is 8.20. The van der Waals surface area contributed by atoms with Crippen molar-refractivity contribution in [1.29, 1.82) is 0 Å². The van der Waals surface area contributed by atoms with E-state index in [1.807, 2.05) is 12.1 Å². The molecule has 0 bridgehead atoms. The number of rotatable bonds is 7. The van der Waals surface area contributed by atoms with Gasteiger partial charge >= 0.3 is 0 Å². The van der Waals surface area contributed by atoms with Gasteiger partial charge in [0, 0.05) is 33.2 Å². The van der Waals surface area contributed by atoms with Crippen LogP contribution in [0.15, 0.2) is 217 Å². The Morgan fingerprint density at radius 2 is 0.729 bits per heavy atom. The minimum absolute atomic E-state index is 0.174. The number of hydrogen-bond acceptors (Lipinski definition) is 2. The smallest absolute Gasteiger partial charge is 0.135 e. The molecule has 9 aromatic carbocycles. The SMILES string of the molecule is CC1(C)c2cc(-c3ccccc3)ccc2-c2ccc(N(c3ccc(-c4ccc(-c5ccccc5)cc4)cc3)c3ccc(-c4ccc5oc6ccccc6c5c4)cc3)cc21. The number of furan rings is 1. The molecule has 1 heterocycles. The van der Waals surface area contributed by atoms with Gasteiger partial charge < -0.3 is 9.32 Å². The largest absolute Gasteiger partial charge is 0.456 e. The highest BCUT2D eigenvalue weighted by atomic mass is 16.3. The summed E-state index contributed by atoms with van der Waals surface area (Å²) in [6.45, 7) is 4.74. The third-order valence-electron chi connectivity index (χ3n) is 12.3. The molecular weight excluding hydrogens is 715 g/mol. The van der Waals surface area contributed by atoms with Gasteiger partial charge in [0.25, 0.3) is 0 Å². The first-order chi connectivity index (χ1) is 29.0. The molecule has 2 nitrogen and oxygen atoms in total. The van der Waals surface area contributed by atoms with E-state index in [1.54, 1.807) is 0 Å². The quantitative estimate of drug-likeness (QED) is 0.161. The lowest BCUT2D eigenvalue weighted by molar-refractivity contribution is 0.660. The molecule has 0 saturated heterocycles. The van der Waals surface area contributed by atoms with Crippen LogP contribution < -0.4 is 4.90 Å². The van der Waals surface area contributed by atoms with E-state index in [9.17, 15) is 0 Å². The Hall–Kier alpha value is -7.42. The van der Waals surface area contributed by atoms with Gasteiger partial charge in [0.1, 0.15) is 11.2 Å². The molecule has 0 unspecified atom stereocenters. The van der Waals surface area contributed by atoms with E-state index in [4.69, 9.17) is 4.42 Å². The molecule has 10 aromatic rings. The summed E-state index contributed by atoms with van der Waals surface area (Å²) in [7, 11) is 0. The Morgan fingerprint density at radius 1 is 0.322 bits per heavy atom. The summed E-state index contributed by atoms with van der Waals surface area (Å²) >= 11 is 0. The molecule has 0 fully saturated rings. The molecule has 0 N–H and O–H groups in total. The summed E-state index contributed by atoms with van der Waals surface area (Å²) < 4.78 is 6.14. The topological polar surface area (TPSA) is 16.4 Å². The first kappa shape index (κ1) is 34.8. The predicted octanol–water partition coefficient (Wildman–Crippen LogP) is 16.0. The maximum atomic E-state index is 6.14. The van der Waals surface area contributed by atoms with E-state index in [0.717, 1.165) is 50.1 Å². The Morgan fingerprint density at radius 3 is 1.36 bits per heavy atom. The van der Waals surface area contributed by atoms with Crippen LogP contribution in [0.3, 0.4) is 0 Å². The van der Waals surface area contributed by atoms with Gasteiger partial charge in [-0.3, -0.25) is 0 Å². The van der Waals surface area contributed by atoms with Gasteiger partial charge in [-0.15, -0.1) is 0 Å². The van der Waals surface area contributed by atoms with Crippen LogP contribution in [0.1, 0.15) is 25.0 Å².